The molecule has 1 heterocycles. The van der Waals surface area contributed by atoms with E-state index in [1.165, 1.54) is 5.70 Å². The summed E-state index contributed by atoms with van der Waals surface area (Å²) < 4.78 is 1.05. The topological polar surface area (TPSA) is 27.3 Å². The Kier molecular flexibility index (Phi) is 2.56. The van der Waals surface area contributed by atoms with E-state index in [2.05, 4.69) is 45.7 Å². The maximum Gasteiger partial charge on any atom is 0.115 e. The van der Waals surface area contributed by atoms with Crippen LogP contribution in [0.1, 0.15) is 20.3 Å². The first-order valence-corrected chi connectivity index (χ1v) is 4.26. The molecular formula is C6H12BrN3. The quantitative estimate of drug-likeness (QED) is 0.667. The van der Waals surface area contributed by atoms with Crippen molar-refractivity contribution in [2.75, 3.05) is 6.54 Å². The molecule has 3 nitrogen and oxygen atoms in total. The third-order valence-corrected chi connectivity index (χ3v) is 2.19. The molecule has 0 spiro atoms. The van der Waals surface area contributed by atoms with Crippen molar-refractivity contribution in [1.82, 2.24) is 16.0 Å². The first kappa shape index (κ1) is 7.88. The molecule has 4 heteroatoms. The van der Waals surface area contributed by atoms with Crippen LogP contribution in [0, 0.1) is 0 Å². The van der Waals surface area contributed by atoms with Crippen LogP contribution < -0.4 is 11.0 Å². The summed E-state index contributed by atoms with van der Waals surface area (Å²) in [6, 6.07) is 0. The summed E-state index contributed by atoms with van der Waals surface area (Å²) in [7, 11) is 0. The molecule has 0 atom stereocenters. The molecule has 0 aromatic carbocycles. The number of hydrogen-bond acceptors (Lipinski definition) is 3. The molecule has 10 heavy (non-hydrogen) atoms. The normalized spacial score (nSPS) is 18.1. The molecule has 0 aromatic rings. The highest BCUT2D eigenvalue weighted by Crippen LogP contribution is 2.18. The van der Waals surface area contributed by atoms with Crippen molar-refractivity contribution in [3.05, 3.63) is 10.3 Å². The fraction of sp³-hybridized carbons (Fsp3) is 0.667. The van der Waals surface area contributed by atoms with Crippen molar-refractivity contribution < 1.29 is 0 Å². The smallest absolute Gasteiger partial charge is 0.115 e. The van der Waals surface area contributed by atoms with E-state index in [0.29, 0.717) is 0 Å². The minimum absolute atomic E-state index is 0.977. The first-order valence-electron chi connectivity index (χ1n) is 3.47. The molecule has 2 N–H and O–H groups in total. The Hall–Kier alpha value is -0.220. The SMILES string of the molecule is CCC1=C(Br)NNN1CC. The molecule has 0 aromatic heterocycles. The van der Waals surface area contributed by atoms with E-state index in [1.54, 1.807) is 0 Å². The van der Waals surface area contributed by atoms with Crippen LogP contribution in [0.2, 0.25) is 0 Å². The van der Waals surface area contributed by atoms with Gasteiger partial charge in [-0.25, -0.2) is 0 Å². The standard InChI is InChI=1S/C6H12BrN3/c1-3-5-6(7)8-9-10(5)4-2/h8-9H,3-4H2,1-2H3. The Balaban J connectivity index is 2.66. The van der Waals surface area contributed by atoms with E-state index in [4.69, 9.17) is 0 Å². The van der Waals surface area contributed by atoms with Gasteiger partial charge in [-0.3, -0.25) is 10.4 Å². The van der Waals surface area contributed by atoms with Gasteiger partial charge < -0.3 is 0 Å². The van der Waals surface area contributed by atoms with Crippen LogP contribution in [0.25, 0.3) is 0 Å². The van der Waals surface area contributed by atoms with Gasteiger partial charge in [-0.1, -0.05) is 6.92 Å². The Morgan fingerprint density at radius 2 is 2.20 bits per heavy atom. The second-order valence-corrected chi connectivity index (χ2v) is 2.89. The van der Waals surface area contributed by atoms with Gasteiger partial charge in [0.2, 0.25) is 0 Å². The summed E-state index contributed by atoms with van der Waals surface area (Å²) in [6.07, 6.45) is 1.04. The molecule has 0 saturated heterocycles. The number of nitrogens with one attached hydrogen (secondary N) is 2. The van der Waals surface area contributed by atoms with Gasteiger partial charge in [-0.15, -0.1) is 5.53 Å². The average Bonchev–Trinajstić information content (AvgIpc) is 2.30. The average molecular weight is 206 g/mol. The van der Waals surface area contributed by atoms with Crippen molar-refractivity contribution in [3.8, 4) is 0 Å². The monoisotopic (exact) mass is 205 g/mol. The Morgan fingerprint density at radius 3 is 2.60 bits per heavy atom. The minimum atomic E-state index is 0.977. The van der Waals surface area contributed by atoms with E-state index in [-0.39, 0.29) is 0 Å². The van der Waals surface area contributed by atoms with Gasteiger partial charge in [0.15, 0.2) is 0 Å². The van der Waals surface area contributed by atoms with Gasteiger partial charge in [0.25, 0.3) is 0 Å². The molecule has 0 aliphatic carbocycles. The number of nitrogens with zero attached hydrogens (tertiary/aromatic N) is 1. The van der Waals surface area contributed by atoms with Crippen molar-refractivity contribution >= 4 is 15.9 Å². The summed E-state index contributed by atoms with van der Waals surface area (Å²) in [5.41, 5.74) is 7.29. The fourth-order valence-electron chi connectivity index (χ4n) is 0.991. The Labute approximate surface area is 69.5 Å². The van der Waals surface area contributed by atoms with Crippen LogP contribution in [0.15, 0.2) is 10.3 Å². The summed E-state index contributed by atoms with van der Waals surface area (Å²) in [4.78, 5) is 0. The third kappa shape index (κ3) is 1.27. The van der Waals surface area contributed by atoms with Gasteiger partial charge in [0.05, 0.1) is 5.70 Å². The minimum Gasteiger partial charge on any atom is -0.296 e. The molecular weight excluding hydrogens is 194 g/mol. The van der Waals surface area contributed by atoms with Gasteiger partial charge >= 0.3 is 0 Å². The Bertz CT molecular complexity index is 155. The van der Waals surface area contributed by atoms with E-state index < -0.39 is 0 Å². The highest BCUT2D eigenvalue weighted by molar-refractivity contribution is 9.11. The second-order valence-electron chi connectivity index (χ2n) is 2.10. The number of rotatable bonds is 2. The third-order valence-electron chi connectivity index (χ3n) is 1.53. The zero-order valence-corrected chi connectivity index (χ0v) is 7.83. The number of hydrogen-bond donors (Lipinski definition) is 2. The fourth-order valence-corrected chi connectivity index (χ4v) is 1.57. The number of halogens is 1. The van der Waals surface area contributed by atoms with Gasteiger partial charge in [0, 0.05) is 6.54 Å². The molecule has 1 rings (SSSR count). The predicted molar refractivity (Wildman–Crippen MR) is 44.9 cm³/mol. The molecule has 0 amide bonds. The van der Waals surface area contributed by atoms with Gasteiger partial charge in [-0.2, -0.15) is 0 Å². The van der Waals surface area contributed by atoms with Gasteiger partial charge in [0.1, 0.15) is 4.61 Å². The van der Waals surface area contributed by atoms with Gasteiger partial charge in [-0.05, 0) is 29.3 Å². The zero-order valence-electron chi connectivity index (χ0n) is 6.24. The van der Waals surface area contributed by atoms with Crippen LogP contribution >= 0.6 is 15.9 Å². The van der Waals surface area contributed by atoms with Crippen LogP contribution in [0.3, 0.4) is 0 Å². The highest BCUT2D eigenvalue weighted by Gasteiger charge is 2.15. The number of hydrazine groups is 2. The summed E-state index contributed by atoms with van der Waals surface area (Å²) in [5, 5.41) is 2.07. The van der Waals surface area contributed by atoms with Crippen molar-refractivity contribution in [1.29, 1.82) is 0 Å². The Morgan fingerprint density at radius 1 is 1.50 bits per heavy atom. The first-order chi connectivity index (χ1) is 4.79. The molecule has 0 radical (unpaired) electrons. The predicted octanol–water partition coefficient (Wildman–Crippen LogP) is 1.31. The lowest BCUT2D eigenvalue weighted by Crippen LogP contribution is -2.37. The lowest BCUT2D eigenvalue weighted by Gasteiger charge is -2.16. The van der Waals surface area contributed by atoms with Crippen molar-refractivity contribution in [2.45, 2.75) is 20.3 Å². The van der Waals surface area contributed by atoms with E-state index in [0.717, 1.165) is 17.6 Å². The molecule has 1 aliphatic heterocycles. The lowest BCUT2D eigenvalue weighted by atomic mass is 10.3. The maximum atomic E-state index is 3.41. The summed E-state index contributed by atoms with van der Waals surface area (Å²) in [5.74, 6) is 0. The largest absolute Gasteiger partial charge is 0.296 e. The molecule has 0 fully saturated rings. The van der Waals surface area contributed by atoms with E-state index >= 15 is 0 Å². The summed E-state index contributed by atoms with van der Waals surface area (Å²) >= 11 is 3.41. The lowest BCUT2D eigenvalue weighted by molar-refractivity contribution is 0.258. The van der Waals surface area contributed by atoms with Crippen LogP contribution in [0.4, 0.5) is 0 Å². The second kappa shape index (κ2) is 3.25. The van der Waals surface area contributed by atoms with Crippen LogP contribution in [0.5, 0.6) is 0 Å². The molecule has 0 bridgehead atoms. The van der Waals surface area contributed by atoms with Crippen molar-refractivity contribution in [2.24, 2.45) is 0 Å². The zero-order chi connectivity index (χ0) is 7.56. The molecule has 0 saturated carbocycles. The van der Waals surface area contributed by atoms with Crippen molar-refractivity contribution in [3.63, 3.8) is 0 Å². The molecule has 1 aliphatic rings. The van der Waals surface area contributed by atoms with E-state index in [9.17, 15) is 0 Å². The molecule has 58 valence electrons. The number of allylic oxidation sites excluding steroid dienone is 1. The maximum absolute atomic E-state index is 3.41. The summed E-state index contributed by atoms with van der Waals surface area (Å²) in [6.45, 7) is 5.22. The van der Waals surface area contributed by atoms with E-state index in [1.807, 2.05) is 0 Å². The van der Waals surface area contributed by atoms with Crippen LogP contribution in [-0.2, 0) is 0 Å². The van der Waals surface area contributed by atoms with Crippen LogP contribution in [-0.4, -0.2) is 11.6 Å². The highest BCUT2D eigenvalue weighted by atomic mass is 79.9. The molecule has 0 unspecified atom stereocenters.